The molecule has 0 spiro atoms. The highest BCUT2D eigenvalue weighted by atomic mass is 32.2. The second kappa shape index (κ2) is 5.48. The van der Waals surface area contributed by atoms with Gasteiger partial charge in [0.25, 0.3) is 0 Å². The summed E-state index contributed by atoms with van der Waals surface area (Å²) in [6.07, 6.45) is 2.89. The van der Waals surface area contributed by atoms with Crippen molar-refractivity contribution in [1.29, 1.82) is 0 Å². The van der Waals surface area contributed by atoms with Crippen LogP contribution in [0.15, 0.2) is 11.1 Å². The molecule has 8 heteroatoms. The predicted molar refractivity (Wildman–Crippen MR) is 73.1 cm³/mol. The number of hydrogen-bond donors (Lipinski definition) is 2. The Bertz CT molecular complexity index is 527. The summed E-state index contributed by atoms with van der Waals surface area (Å²) >= 11 is 0. The Labute approximate surface area is 113 Å². The Balaban J connectivity index is 2.35. The van der Waals surface area contributed by atoms with E-state index in [0.717, 1.165) is 25.9 Å². The number of H-pyrrole nitrogens is 1. The van der Waals surface area contributed by atoms with E-state index in [1.807, 2.05) is 14.0 Å². The van der Waals surface area contributed by atoms with Gasteiger partial charge in [0, 0.05) is 19.1 Å². The van der Waals surface area contributed by atoms with Gasteiger partial charge in [-0.2, -0.15) is 9.40 Å². The summed E-state index contributed by atoms with van der Waals surface area (Å²) in [5.74, 6) is 0.104. The van der Waals surface area contributed by atoms with Crippen LogP contribution in [-0.4, -0.2) is 60.5 Å². The first kappa shape index (κ1) is 14.3. The van der Waals surface area contributed by atoms with Crippen LogP contribution in [0, 0.1) is 0 Å². The summed E-state index contributed by atoms with van der Waals surface area (Å²) in [5.41, 5.74) is 5.65. The minimum Gasteiger partial charge on any atom is -0.383 e. The molecule has 1 saturated heterocycles. The van der Waals surface area contributed by atoms with Crippen molar-refractivity contribution < 1.29 is 8.42 Å². The van der Waals surface area contributed by atoms with Crippen LogP contribution in [0.25, 0.3) is 0 Å². The lowest BCUT2D eigenvalue weighted by molar-refractivity contribution is 0.270. The smallest absolute Gasteiger partial charge is 0.248 e. The molecule has 7 nitrogen and oxygen atoms in total. The summed E-state index contributed by atoms with van der Waals surface area (Å²) in [6.45, 7) is 4.18. The van der Waals surface area contributed by atoms with Gasteiger partial charge in [-0.25, -0.2) is 8.42 Å². The molecule has 2 heterocycles. The van der Waals surface area contributed by atoms with E-state index in [-0.39, 0.29) is 16.8 Å². The van der Waals surface area contributed by atoms with Crippen LogP contribution in [0.2, 0.25) is 0 Å². The Kier molecular flexibility index (Phi) is 4.12. The molecule has 0 amide bonds. The molecule has 3 N–H and O–H groups in total. The van der Waals surface area contributed by atoms with E-state index >= 15 is 0 Å². The fourth-order valence-corrected chi connectivity index (χ4v) is 4.23. The zero-order valence-electron chi connectivity index (χ0n) is 11.3. The van der Waals surface area contributed by atoms with Gasteiger partial charge < -0.3 is 10.6 Å². The van der Waals surface area contributed by atoms with Crippen LogP contribution >= 0.6 is 0 Å². The normalized spacial score (nSPS) is 23.4. The minimum absolute atomic E-state index is 0.0215. The minimum atomic E-state index is -3.57. The van der Waals surface area contributed by atoms with E-state index in [2.05, 4.69) is 15.1 Å². The zero-order chi connectivity index (χ0) is 14.0. The Hall–Kier alpha value is -1.12. The first-order valence-electron chi connectivity index (χ1n) is 6.46. The first-order valence-corrected chi connectivity index (χ1v) is 7.90. The number of nitrogen functional groups attached to an aromatic ring is 1. The van der Waals surface area contributed by atoms with Crippen molar-refractivity contribution in [2.24, 2.45) is 0 Å². The van der Waals surface area contributed by atoms with Crippen molar-refractivity contribution in [3.8, 4) is 0 Å². The summed E-state index contributed by atoms with van der Waals surface area (Å²) < 4.78 is 26.9. The number of hydrogen-bond acceptors (Lipinski definition) is 5. The quantitative estimate of drug-likeness (QED) is 0.822. The van der Waals surface area contributed by atoms with Gasteiger partial charge in [0.2, 0.25) is 10.0 Å². The molecule has 1 aliphatic rings. The van der Waals surface area contributed by atoms with Crippen molar-refractivity contribution in [2.75, 3.05) is 32.4 Å². The molecule has 1 aliphatic heterocycles. The average molecular weight is 287 g/mol. The number of nitrogens with zero attached hydrogens (tertiary/aromatic N) is 3. The van der Waals surface area contributed by atoms with Crippen molar-refractivity contribution >= 4 is 15.8 Å². The summed E-state index contributed by atoms with van der Waals surface area (Å²) in [5, 5.41) is 6.19. The molecule has 108 valence electrons. The molecule has 1 fully saturated rings. The van der Waals surface area contributed by atoms with E-state index in [0.29, 0.717) is 6.54 Å². The predicted octanol–water partition coefficient (Wildman–Crippen LogP) is 0.0967. The first-order chi connectivity index (χ1) is 8.96. The number of likely N-dealkylation sites (N-methyl/N-ethyl adjacent to an activating group) is 1. The lowest BCUT2D eigenvalue weighted by Gasteiger charge is -2.28. The van der Waals surface area contributed by atoms with Gasteiger partial charge in [-0.1, -0.05) is 6.92 Å². The number of aromatic amines is 1. The van der Waals surface area contributed by atoms with Crippen LogP contribution in [0.3, 0.4) is 0 Å². The fourth-order valence-electron chi connectivity index (χ4n) is 2.49. The summed E-state index contributed by atoms with van der Waals surface area (Å²) in [7, 11) is -1.55. The number of nitrogens with one attached hydrogen (secondary N) is 1. The van der Waals surface area contributed by atoms with Gasteiger partial charge in [0.15, 0.2) is 0 Å². The molecule has 0 bridgehead atoms. The molecule has 1 unspecified atom stereocenters. The van der Waals surface area contributed by atoms with Gasteiger partial charge in [0.1, 0.15) is 10.7 Å². The van der Waals surface area contributed by atoms with Crippen LogP contribution in [0.1, 0.15) is 19.8 Å². The monoisotopic (exact) mass is 287 g/mol. The molecule has 1 atom stereocenters. The molecule has 1 aromatic heterocycles. The lowest BCUT2D eigenvalue weighted by Crippen LogP contribution is -2.43. The van der Waals surface area contributed by atoms with Gasteiger partial charge in [-0.3, -0.25) is 5.10 Å². The van der Waals surface area contributed by atoms with Crippen molar-refractivity contribution in [3.05, 3.63) is 6.20 Å². The highest BCUT2D eigenvalue weighted by Crippen LogP contribution is 2.24. The second-order valence-electron chi connectivity index (χ2n) is 4.94. The van der Waals surface area contributed by atoms with Gasteiger partial charge in [-0.05, 0) is 26.4 Å². The molecular weight excluding hydrogens is 266 g/mol. The SMILES string of the molecule is CCC1CN(C)CCCN1S(=O)(=O)c1cn[nH]c1N. The number of nitrogens with two attached hydrogens (primary N) is 1. The molecule has 0 saturated carbocycles. The Morgan fingerprint density at radius 2 is 2.26 bits per heavy atom. The molecular formula is C11H21N5O2S. The van der Waals surface area contributed by atoms with Crippen molar-refractivity contribution in [1.82, 2.24) is 19.4 Å². The summed E-state index contributed by atoms with van der Waals surface area (Å²) in [6, 6.07) is -0.0215. The van der Waals surface area contributed by atoms with E-state index in [9.17, 15) is 8.42 Å². The van der Waals surface area contributed by atoms with Gasteiger partial charge in [0.05, 0.1) is 6.20 Å². The van der Waals surface area contributed by atoms with Crippen LogP contribution in [-0.2, 0) is 10.0 Å². The number of anilines is 1. The van der Waals surface area contributed by atoms with Crippen molar-refractivity contribution in [3.63, 3.8) is 0 Å². The lowest BCUT2D eigenvalue weighted by atomic mass is 10.2. The molecule has 0 aliphatic carbocycles. The molecule has 1 aromatic rings. The Morgan fingerprint density at radius 3 is 2.84 bits per heavy atom. The molecule has 0 radical (unpaired) electrons. The highest BCUT2D eigenvalue weighted by molar-refractivity contribution is 7.89. The maximum Gasteiger partial charge on any atom is 0.248 e. The van der Waals surface area contributed by atoms with Crippen LogP contribution in [0.4, 0.5) is 5.82 Å². The van der Waals surface area contributed by atoms with E-state index in [4.69, 9.17) is 5.73 Å². The Morgan fingerprint density at radius 1 is 1.53 bits per heavy atom. The van der Waals surface area contributed by atoms with Gasteiger partial charge >= 0.3 is 0 Å². The van der Waals surface area contributed by atoms with E-state index in [1.165, 1.54) is 6.20 Å². The second-order valence-corrected chi connectivity index (χ2v) is 6.80. The van der Waals surface area contributed by atoms with Crippen LogP contribution in [0.5, 0.6) is 0 Å². The molecule has 19 heavy (non-hydrogen) atoms. The largest absolute Gasteiger partial charge is 0.383 e. The van der Waals surface area contributed by atoms with Crippen molar-refractivity contribution in [2.45, 2.75) is 30.7 Å². The maximum absolute atomic E-state index is 12.7. The third-order valence-electron chi connectivity index (χ3n) is 3.54. The number of rotatable bonds is 3. The van der Waals surface area contributed by atoms with Gasteiger partial charge in [-0.15, -0.1) is 0 Å². The topological polar surface area (TPSA) is 95.3 Å². The zero-order valence-corrected chi connectivity index (χ0v) is 12.2. The van der Waals surface area contributed by atoms with Crippen LogP contribution < -0.4 is 5.73 Å². The maximum atomic E-state index is 12.7. The molecule has 2 rings (SSSR count). The van der Waals surface area contributed by atoms with E-state index < -0.39 is 10.0 Å². The molecule has 0 aromatic carbocycles. The third kappa shape index (κ3) is 2.75. The van der Waals surface area contributed by atoms with E-state index in [1.54, 1.807) is 4.31 Å². The summed E-state index contributed by atoms with van der Waals surface area (Å²) in [4.78, 5) is 2.25. The number of sulfonamides is 1. The highest BCUT2D eigenvalue weighted by Gasteiger charge is 2.34. The third-order valence-corrected chi connectivity index (χ3v) is 5.52. The average Bonchev–Trinajstić information content (AvgIpc) is 2.69. The fraction of sp³-hybridized carbons (Fsp3) is 0.727. The standard InChI is InChI=1S/C11H21N5O2S/c1-3-9-8-15(2)5-4-6-16(9)19(17,18)10-7-13-14-11(10)12/h7,9H,3-6,8H2,1-2H3,(H3,12,13,14). The number of aromatic nitrogens is 2.